The van der Waals surface area contributed by atoms with Crippen molar-refractivity contribution < 1.29 is 13.7 Å². The number of nitrogens with zero attached hydrogens (tertiary/aromatic N) is 2. The van der Waals surface area contributed by atoms with Crippen LogP contribution in [0.5, 0.6) is 0 Å². The monoisotopic (exact) mass is 357 g/mol. The first-order valence-corrected chi connectivity index (χ1v) is 8.59. The van der Waals surface area contributed by atoms with E-state index in [-0.39, 0.29) is 11.7 Å². The van der Waals surface area contributed by atoms with E-state index < -0.39 is 0 Å². The third-order valence-electron chi connectivity index (χ3n) is 3.48. The number of thioether (sulfide) groups is 1. The molecule has 1 N–H and O–H groups in total. The molecule has 7 heteroatoms. The lowest BCUT2D eigenvalue weighted by atomic mass is 10.2. The molecule has 0 spiro atoms. The van der Waals surface area contributed by atoms with E-state index in [9.17, 15) is 9.18 Å². The Morgan fingerprint density at radius 1 is 1.28 bits per heavy atom. The third-order valence-corrected chi connectivity index (χ3v) is 4.52. The molecule has 0 radical (unpaired) electrons. The number of benzene rings is 1. The molecule has 3 aromatic rings. The maximum atomic E-state index is 13.6. The number of halogens is 1. The number of rotatable bonds is 5. The van der Waals surface area contributed by atoms with Crippen LogP contribution in [-0.4, -0.2) is 16.0 Å². The minimum atomic E-state index is -0.361. The highest BCUT2D eigenvalue weighted by Crippen LogP contribution is 2.25. The van der Waals surface area contributed by atoms with Gasteiger partial charge >= 0.3 is 0 Å². The van der Waals surface area contributed by atoms with Crippen LogP contribution >= 0.6 is 11.8 Å². The fraction of sp³-hybridized carbons (Fsp3) is 0.167. The van der Waals surface area contributed by atoms with E-state index in [0.29, 0.717) is 27.6 Å². The zero-order valence-corrected chi connectivity index (χ0v) is 14.6. The van der Waals surface area contributed by atoms with Crippen LogP contribution in [0, 0.1) is 19.7 Å². The van der Waals surface area contributed by atoms with Gasteiger partial charge < -0.3 is 9.84 Å². The van der Waals surface area contributed by atoms with E-state index in [4.69, 9.17) is 4.52 Å². The lowest BCUT2D eigenvalue weighted by Crippen LogP contribution is -2.13. The van der Waals surface area contributed by atoms with Gasteiger partial charge in [0.05, 0.1) is 11.3 Å². The summed E-state index contributed by atoms with van der Waals surface area (Å²) in [6.45, 7) is 3.49. The van der Waals surface area contributed by atoms with Crippen molar-refractivity contribution in [2.45, 2.75) is 24.6 Å². The average Bonchev–Trinajstić information content (AvgIpc) is 3.02. The van der Waals surface area contributed by atoms with Gasteiger partial charge in [0, 0.05) is 23.7 Å². The molecule has 25 heavy (non-hydrogen) atoms. The van der Waals surface area contributed by atoms with E-state index in [1.807, 2.05) is 13.0 Å². The summed E-state index contributed by atoms with van der Waals surface area (Å²) in [6, 6.07) is 9.80. The first-order chi connectivity index (χ1) is 12.0. The molecular weight excluding hydrogens is 341 g/mol. The van der Waals surface area contributed by atoms with Gasteiger partial charge in [-0.25, -0.2) is 9.37 Å². The van der Waals surface area contributed by atoms with Crippen LogP contribution in [0.3, 0.4) is 0 Å². The minimum Gasteiger partial charge on any atom is -0.361 e. The van der Waals surface area contributed by atoms with E-state index in [2.05, 4.69) is 15.5 Å². The van der Waals surface area contributed by atoms with Crippen LogP contribution in [0.1, 0.15) is 27.4 Å². The SMILES string of the molecule is Cc1cc(CSc2ncccc2C(=O)Nc2ccc(C)c(F)c2)no1. The number of nitrogens with one attached hydrogen (secondary N) is 1. The molecule has 2 heterocycles. The fourth-order valence-corrected chi connectivity index (χ4v) is 3.05. The molecule has 0 aliphatic rings. The minimum absolute atomic E-state index is 0.338. The smallest absolute Gasteiger partial charge is 0.258 e. The second-order valence-electron chi connectivity index (χ2n) is 5.49. The van der Waals surface area contributed by atoms with Gasteiger partial charge in [0.1, 0.15) is 16.6 Å². The van der Waals surface area contributed by atoms with Gasteiger partial charge in [-0.2, -0.15) is 0 Å². The molecule has 0 aliphatic carbocycles. The van der Waals surface area contributed by atoms with Gasteiger partial charge in [-0.05, 0) is 43.7 Å². The van der Waals surface area contributed by atoms with Gasteiger partial charge in [-0.15, -0.1) is 0 Å². The molecule has 1 amide bonds. The van der Waals surface area contributed by atoms with Gasteiger partial charge in [0.25, 0.3) is 5.91 Å². The van der Waals surface area contributed by atoms with Crippen molar-refractivity contribution in [3.8, 4) is 0 Å². The Balaban J connectivity index is 1.74. The summed E-state index contributed by atoms with van der Waals surface area (Å²) >= 11 is 1.39. The molecular formula is C18H16FN3O2S. The van der Waals surface area contributed by atoms with Gasteiger partial charge in [-0.3, -0.25) is 4.79 Å². The molecule has 2 aromatic heterocycles. The van der Waals surface area contributed by atoms with Crippen molar-refractivity contribution in [3.63, 3.8) is 0 Å². The standard InChI is InChI=1S/C18H16FN3O2S/c1-11-5-6-13(9-16(11)19)21-17(23)15-4-3-7-20-18(15)25-10-14-8-12(2)24-22-14/h3-9H,10H2,1-2H3,(H,21,23). The predicted molar refractivity (Wildman–Crippen MR) is 94.1 cm³/mol. The highest BCUT2D eigenvalue weighted by molar-refractivity contribution is 7.98. The molecule has 0 aliphatic heterocycles. The first kappa shape index (κ1) is 17.2. The lowest BCUT2D eigenvalue weighted by Gasteiger charge is -2.09. The van der Waals surface area contributed by atoms with E-state index in [0.717, 1.165) is 11.5 Å². The number of hydrogen-bond donors (Lipinski definition) is 1. The van der Waals surface area contributed by atoms with Crippen LogP contribution in [0.2, 0.25) is 0 Å². The Kier molecular flexibility index (Phi) is 5.14. The van der Waals surface area contributed by atoms with Crippen molar-refractivity contribution in [2.24, 2.45) is 0 Å². The number of aromatic nitrogens is 2. The third kappa shape index (κ3) is 4.24. The number of amides is 1. The Hall–Kier alpha value is -2.67. The van der Waals surface area contributed by atoms with E-state index in [1.54, 1.807) is 37.4 Å². The Bertz CT molecular complexity index is 911. The van der Waals surface area contributed by atoms with Crippen molar-refractivity contribution in [3.05, 3.63) is 71.0 Å². The average molecular weight is 357 g/mol. The number of pyridine rings is 1. The Morgan fingerprint density at radius 3 is 2.84 bits per heavy atom. The van der Waals surface area contributed by atoms with Crippen LogP contribution < -0.4 is 5.32 Å². The van der Waals surface area contributed by atoms with Gasteiger partial charge in [0.15, 0.2) is 0 Å². The molecule has 0 fully saturated rings. The zero-order chi connectivity index (χ0) is 17.8. The topological polar surface area (TPSA) is 68.0 Å². The summed E-state index contributed by atoms with van der Waals surface area (Å²) in [7, 11) is 0. The zero-order valence-electron chi connectivity index (χ0n) is 13.7. The van der Waals surface area contributed by atoms with Crippen LogP contribution in [0.4, 0.5) is 10.1 Å². The number of aryl methyl sites for hydroxylation is 2. The molecule has 1 aromatic carbocycles. The number of hydrogen-bond acceptors (Lipinski definition) is 5. The molecule has 0 saturated heterocycles. The summed E-state index contributed by atoms with van der Waals surface area (Å²) in [6.07, 6.45) is 1.62. The van der Waals surface area contributed by atoms with E-state index in [1.165, 1.54) is 17.8 Å². The van der Waals surface area contributed by atoms with Crippen LogP contribution in [0.15, 0.2) is 52.1 Å². The summed E-state index contributed by atoms with van der Waals surface area (Å²) < 4.78 is 18.7. The molecule has 0 unspecified atom stereocenters. The van der Waals surface area contributed by atoms with Crippen molar-refractivity contribution >= 4 is 23.4 Å². The Morgan fingerprint density at radius 2 is 2.12 bits per heavy atom. The molecule has 3 rings (SSSR count). The maximum absolute atomic E-state index is 13.6. The second-order valence-corrected chi connectivity index (χ2v) is 6.46. The summed E-state index contributed by atoms with van der Waals surface area (Å²) in [5.74, 6) is 0.569. The summed E-state index contributed by atoms with van der Waals surface area (Å²) in [5.41, 5.74) is 2.13. The lowest BCUT2D eigenvalue weighted by molar-refractivity contribution is 0.102. The molecule has 128 valence electrons. The number of carbonyl (C=O) groups excluding carboxylic acids is 1. The highest BCUT2D eigenvalue weighted by atomic mass is 32.2. The quantitative estimate of drug-likeness (QED) is 0.687. The second kappa shape index (κ2) is 7.48. The number of anilines is 1. The van der Waals surface area contributed by atoms with Gasteiger partial charge in [0.2, 0.25) is 0 Å². The molecule has 0 saturated carbocycles. The molecule has 0 bridgehead atoms. The van der Waals surface area contributed by atoms with Crippen molar-refractivity contribution in [2.75, 3.05) is 5.32 Å². The normalized spacial score (nSPS) is 10.7. The van der Waals surface area contributed by atoms with Crippen LogP contribution in [0.25, 0.3) is 0 Å². The largest absolute Gasteiger partial charge is 0.361 e. The predicted octanol–water partition coefficient (Wildman–Crippen LogP) is 4.37. The Labute approximate surface area is 148 Å². The summed E-state index contributed by atoms with van der Waals surface area (Å²) in [5, 5.41) is 7.20. The number of carbonyl (C=O) groups is 1. The van der Waals surface area contributed by atoms with Crippen LogP contribution in [-0.2, 0) is 5.75 Å². The summed E-state index contributed by atoms with van der Waals surface area (Å²) in [4.78, 5) is 16.8. The van der Waals surface area contributed by atoms with Gasteiger partial charge in [-0.1, -0.05) is 23.0 Å². The van der Waals surface area contributed by atoms with E-state index >= 15 is 0 Å². The highest BCUT2D eigenvalue weighted by Gasteiger charge is 2.14. The molecule has 0 atom stereocenters. The maximum Gasteiger partial charge on any atom is 0.258 e. The van der Waals surface area contributed by atoms with Crippen molar-refractivity contribution in [1.29, 1.82) is 0 Å². The van der Waals surface area contributed by atoms with Crippen molar-refractivity contribution in [1.82, 2.24) is 10.1 Å². The first-order valence-electron chi connectivity index (χ1n) is 7.60. The fourth-order valence-electron chi connectivity index (χ4n) is 2.18. The molecule has 5 nitrogen and oxygen atoms in total.